The van der Waals surface area contributed by atoms with Crippen LogP contribution in [-0.2, 0) is 20.7 Å². The normalized spacial score (nSPS) is 15.9. The Morgan fingerprint density at radius 1 is 1.35 bits per heavy atom. The summed E-state index contributed by atoms with van der Waals surface area (Å²) in [6, 6.07) is 5.52. The second-order valence-corrected chi connectivity index (χ2v) is 5.60. The first-order chi connectivity index (χ1) is 7.94. The van der Waals surface area contributed by atoms with E-state index in [1.807, 2.05) is 18.2 Å². The fraction of sp³-hybridized carbons (Fsp3) is 0.455. The Morgan fingerprint density at radius 2 is 2.06 bits per heavy atom. The summed E-state index contributed by atoms with van der Waals surface area (Å²) in [5.41, 5.74) is 0.949. The minimum Gasteiger partial charge on any atom is -0.454 e. The van der Waals surface area contributed by atoms with Crippen molar-refractivity contribution in [2.45, 2.75) is 19.4 Å². The molecule has 0 spiro atoms. The van der Waals surface area contributed by atoms with E-state index in [2.05, 4.69) is 0 Å². The Bertz CT molecular complexity index is 509. The van der Waals surface area contributed by atoms with Gasteiger partial charge in [-0.1, -0.05) is 6.07 Å². The minimum atomic E-state index is -3.41. The molecule has 0 aromatic heterocycles. The van der Waals surface area contributed by atoms with Crippen molar-refractivity contribution < 1.29 is 22.1 Å². The molecule has 1 aromatic rings. The molecule has 2 rings (SSSR count). The van der Waals surface area contributed by atoms with E-state index in [9.17, 15) is 8.42 Å². The summed E-state index contributed by atoms with van der Waals surface area (Å²) in [7, 11) is -3.41. The van der Waals surface area contributed by atoms with Crippen LogP contribution >= 0.6 is 0 Å². The van der Waals surface area contributed by atoms with E-state index < -0.39 is 16.2 Å². The second kappa shape index (κ2) is 4.54. The first-order valence-corrected chi connectivity index (χ1v) is 7.02. The molecule has 1 aromatic carbocycles. The summed E-state index contributed by atoms with van der Waals surface area (Å²) in [6.07, 6.45) is 1.15. The second-order valence-electron chi connectivity index (χ2n) is 4.00. The first-order valence-electron chi connectivity index (χ1n) is 5.21. The smallest absolute Gasteiger partial charge is 0.264 e. The molecule has 0 aliphatic carbocycles. The largest absolute Gasteiger partial charge is 0.454 e. The zero-order valence-electron chi connectivity index (χ0n) is 9.67. The van der Waals surface area contributed by atoms with Crippen molar-refractivity contribution in [3.8, 4) is 11.5 Å². The fourth-order valence-electron chi connectivity index (χ4n) is 1.73. The Hall–Kier alpha value is -1.27. The van der Waals surface area contributed by atoms with Crippen LogP contribution in [0.2, 0.25) is 0 Å². The van der Waals surface area contributed by atoms with E-state index in [0.717, 1.165) is 11.8 Å². The molecular formula is C11H14O5S. The number of hydrogen-bond acceptors (Lipinski definition) is 5. The van der Waals surface area contributed by atoms with Gasteiger partial charge in [-0.05, 0) is 31.0 Å². The molecule has 1 heterocycles. The lowest BCUT2D eigenvalue weighted by Crippen LogP contribution is -2.16. The van der Waals surface area contributed by atoms with E-state index in [1.165, 1.54) is 0 Å². The van der Waals surface area contributed by atoms with Crippen LogP contribution in [0.5, 0.6) is 11.5 Å². The zero-order chi connectivity index (χ0) is 12.5. The summed E-state index contributed by atoms with van der Waals surface area (Å²) in [4.78, 5) is 0. The quantitative estimate of drug-likeness (QED) is 0.762. The highest BCUT2D eigenvalue weighted by Gasteiger charge is 2.16. The third-order valence-electron chi connectivity index (χ3n) is 2.30. The Morgan fingerprint density at radius 3 is 2.76 bits per heavy atom. The molecule has 0 saturated heterocycles. The van der Waals surface area contributed by atoms with Gasteiger partial charge in [0.05, 0.1) is 12.4 Å². The summed E-state index contributed by atoms with van der Waals surface area (Å²) < 4.78 is 37.2. The molecule has 0 saturated carbocycles. The van der Waals surface area contributed by atoms with Crippen LogP contribution in [-0.4, -0.2) is 27.6 Å². The van der Waals surface area contributed by atoms with Gasteiger partial charge in [0.25, 0.3) is 10.1 Å². The van der Waals surface area contributed by atoms with E-state index in [1.54, 1.807) is 6.92 Å². The van der Waals surface area contributed by atoms with Gasteiger partial charge in [-0.3, -0.25) is 4.18 Å². The minimum absolute atomic E-state index is 0.230. The highest BCUT2D eigenvalue weighted by Crippen LogP contribution is 2.32. The maximum Gasteiger partial charge on any atom is 0.264 e. The molecule has 0 fully saturated rings. The van der Waals surface area contributed by atoms with Crippen molar-refractivity contribution in [3.05, 3.63) is 23.8 Å². The molecular weight excluding hydrogens is 244 g/mol. The molecule has 1 aliphatic rings. The molecule has 1 atom stereocenters. The lowest BCUT2D eigenvalue weighted by atomic mass is 10.1. The van der Waals surface area contributed by atoms with E-state index in [-0.39, 0.29) is 6.79 Å². The van der Waals surface area contributed by atoms with Crippen molar-refractivity contribution in [2.75, 3.05) is 13.0 Å². The van der Waals surface area contributed by atoms with Gasteiger partial charge in [0.1, 0.15) is 0 Å². The summed E-state index contributed by atoms with van der Waals surface area (Å²) in [5, 5.41) is 0. The highest BCUT2D eigenvalue weighted by molar-refractivity contribution is 7.86. The number of fused-ring (bicyclic) bond motifs is 1. The molecule has 0 N–H and O–H groups in total. The SMILES string of the molecule is C[C@@H](Cc1ccc2c(c1)OCO2)OS(C)(=O)=O. The topological polar surface area (TPSA) is 61.8 Å². The van der Waals surface area contributed by atoms with E-state index in [4.69, 9.17) is 13.7 Å². The average molecular weight is 258 g/mol. The first kappa shape index (κ1) is 12.2. The van der Waals surface area contributed by atoms with Crippen molar-refractivity contribution in [2.24, 2.45) is 0 Å². The number of rotatable bonds is 4. The summed E-state index contributed by atoms with van der Waals surface area (Å²) >= 11 is 0. The number of ether oxygens (including phenoxy) is 2. The Kier molecular flexibility index (Phi) is 3.26. The molecule has 5 nitrogen and oxygen atoms in total. The van der Waals surface area contributed by atoms with Crippen LogP contribution in [0.3, 0.4) is 0 Å². The molecule has 0 bridgehead atoms. The van der Waals surface area contributed by atoms with Gasteiger partial charge < -0.3 is 9.47 Å². The lowest BCUT2D eigenvalue weighted by molar-refractivity contribution is 0.174. The van der Waals surface area contributed by atoms with Gasteiger partial charge in [-0.2, -0.15) is 8.42 Å². The predicted molar refractivity (Wildman–Crippen MR) is 61.7 cm³/mol. The van der Waals surface area contributed by atoms with Crippen molar-refractivity contribution in [1.82, 2.24) is 0 Å². The van der Waals surface area contributed by atoms with Crippen molar-refractivity contribution in [1.29, 1.82) is 0 Å². The monoisotopic (exact) mass is 258 g/mol. The van der Waals surface area contributed by atoms with Crippen LogP contribution in [0.15, 0.2) is 18.2 Å². The summed E-state index contributed by atoms with van der Waals surface area (Å²) in [6.45, 7) is 1.94. The third-order valence-corrected chi connectivity index (χ3v) is 2.98. The van der Waals surface area contributed by atoms with Crippen molar-refractivity contribution in [3.63, 3.8) is 0 Å². The van der Waals surface area contributed by atoms with Crippen LogP contribution in [0.25, 0.3) is 0 Å². The zero-order valence-corrected chi connectivity index (χ0v) is 10.5. The van der Waals surface area contributed by atoms with Gasteiger partial charge in [0, 0.05) is 0 Å². The number of hydrogen-bond donors (Lipinski definition) is 0. The standard InChI is InChI=1S/C11H14O5S/c1-8(16-17(2,12)13)5-9-3-4-10-11(6-9)15-7-14-10/h3-4,6,8H,5,7H2,1-2H3/t8-/m0/s1. The third kappa shape index (κ3) is 3.34. The lowest BCUT2D eigenvalue weighted by Gasteiger charge is -2.11. The van der Waals surface area contributed by atoms with Crippen LogP contribution in [0.1, 0.15) is 12.5 Å². The van der Waals surface area contributed by atoms with Gasteiger partial charge in [-0.15, -0.1) is 0 Å². The molecule has 0 amide bonds. The Labute approximate surface area is 100 Å². The van der Waals surface area contributed by atoms with Crippen LogP contribution in [0, 0.1) is 0 Å². The summed E-state index contributed by atoms with van der Waals surface area (Å²) in [5.74, 6) is 1.40. The predicted octanol–water partition coefficient (Wildman–Crippen LogP) is 1.32. The fourth-order valence-corrected chi connectivity index (χ4v) is 2.40. The van der Waals surface area contributed by atoms with E-state index in [0.29, 0.717) is 17.9 Å². The highest BCUT2D eigenvalue weighted by atomic mass is 32.2. The van der Waals surface area contributed by atoms with Gasteiger partial charge in [-0.25, -0.2) is 0 Å². The van der Waals surface area contributed by atoms with Gasteiger partial charge in [0.15, 0.2) is 11.5 Å². The van der Waals surface area contributed by atoms with Crippen LogP contribution < -0.4 is 9.47 Å². The molecule has 0 radical (unpaired) electrons. The van der Waals surface area contributed by atoms with Gasteiger partial charge >= 0.3 is 0 Å². The molecule has 6 heteroatoms. The molecule has 94 valence electrons. The maximum absolute atomic E-state index is 11.0. The molecule has 0 unspecified atom stereocenters. The van der Waals surface area contributed by atoms with Gasteiger partial charge in [0.2, 0.25) is 6.79 Å². The van der Waals surface area contributed by atoms with E-state index >= 15 is 0 Å². The molecule has 1 aliphatic heterocycles. The Balaban J connectivity index is 2.04. The van der Waals surface area contributed by atoms with Crippen molar-refractivity contribution >= 4 is 10.1 Å². The molecule has 17 heavy (non-hydrogen) atoms. The van der Waals surface area contributed by atoms with Crippen LogP contribution in [0.4, 0.5) is 0 Å². The average Bonchev–Trinajstić information content (AvgIpc) is 2.61. The maximum atomic E-state index is 11.0. The number of benzene rings is 1.